The maximum absolute atomic E-state index is 13.2. The van der Waals surface area contributed by atoms with E-state index in [2.05, 4.69) is 23.0 Å². The van der Waals surface area contributed by atoms with E-state index in [-0.39, 0.29) is 30.9 Å². The lowest BCUT2D eigenvalue weighted by atomic mass is 9.83. The molecule has 8 nitrogen and oxygen atoms in total. The van der Waals surface area contributed by atoms with Crippen molar-refractivity contribution in [2.75, 3.05) is 55.8 Å². The largest absolute Gasteiger partial charge is 0.469 e. The highest BCUT2D eigenvalue weighted by atomic mass is 16.5. The molecule has 1 aromatic carbocycles. The van der Waals surface area contributed by atoms with E-state index in [4.69, 9.17) is 9.47 Å². The minimum absolute atomic E-state index is 0.0318. The van der Waals surface area contributed by atoms with E-state index in [1.807, 2.05) is 12.1 Å². The van der Waals surface area contributed by atoms with Crippen molar-refractivity contribution in [2.45, 2.75) is 39.0 Å². The fraction of sp³-hybridized carbons (Fsp3) is 0.625. The highest BCUT2D eigenvalue weighted by Gasteiger charge is 2.33. The number of hydrogen-bond donors (Lipinski definition) is 0. The number of carbonyl (C=O) groups is 2. The Morgan fingerprint density at radius 3 is 2.62 bits per heavy atom. The van der Waals surface area contributed by atoms with E-state index in [9.17, 15) is 9.59 Å². The third-order valence-electron chi connectivity index (χ3n) is 7.16. The third kappa shape index (κ3) is 4.20. The van der Waals surface area contributed by atoms with Crippen LogP contribution in [0.4, 0.5) is 11.4 Å². The maximum atomic E-state index is 13.2. The lowest BCUT2D eigenvalue weighted by Crippen LogP contribution is -2.45. The Labute approximate surface area is 189 Å². The first-order valence-corrected chi connectivity index (χ1v) is 11.9. The van der Waals surface area contributed by atoms with E-state index in [0.29, 0.717) is 12.4 Å². The molecule has 1 aromatic rings. The quantitative estimate of drug-likeness (QED) is 0.719. The summed E-state index contributed by atoms with van der Waals surface area (Å²) in [5.41, 5.74) is 3.34. The van der Waals surface area contributed by atoms with Crippen molar-refractivity contribution in [3.05, 3.63) is 23.8 Å². The van der Waals surface area contributed by atoms with E-state index in [1.54, 1.807) is 4.90 Å². The molecule has 2 amide bonds. The summed E-state index contributed by atoms with van der Waals surface area (Å²) < 4.78 is 11.1. The normalized spacial score (nSPS) is 26.0. The zero-order valence-electron chi connectivity index (χ0n) is 18.8. The molecule has 1 aliphatic carbocycles. The number of fused-ring (bicyclic) bond motifs is 1. The van der Waals surface area contributed by atoms with E-state index < -0.39 is 0 Å². The summed E-state index contributed by atoms with van der Waals surface area (Å²) in [5.74, 6) is 1.25. The summed E-state index contributed by atoms with van der Waals surface area (Å²) in [5, 5.41) is 5.80. The monoisotopic (exact) mass is 440 g/mol. The van der Waals surface area contributed by atoms with Crippen LogP contribution < -0.4 is 9.80 Å². The Morgan fingerprint density at radius 1 is 1.09 bits per heavy atom. The molecule has 0 unspecified atom stereocenters. The van der Waals surface area contributed by atoms with Gasteiger partial charge < -0.3 is 19.3 Å². The molecular weight excluding hydrogens is 408 g/mol. The molecule has 5 rings (SSSR count). The van der Waals surface area contributed by atoms with Gasteiger partial charge in [0.25, 0.3) is 5.91 Å². The van der Waals surface area contributed by atoms with Crippen LogP contribution in [0.25, 0.3) is 0 Å². The van der Waals surface area contributed by atoms with Gasteiger partial charge in [0.15, 0.2) is 6.61 Å². The Kier molecular flexibility index (Phi) is 6.04. The summed E-state index contributed by atoms with van der Waals surface area (Å²) in [7, 11) is 0. The predicted molar refractivity (Wildman–Crippen MR) is 122 cm³/mol. The summed E-state index contributed by atoms with van der Waals surface area (Å²) in [4.78, 5) is 29.8. The van der Waals surface area contributed by atoms with Crippen LogP contribution in [-0.4, -0.2) is 68.7 Å². The van der Waals surface area contributed by atoms with Crippen LogP contribution in [-0.2, 0) is 25.5 Å². The lowest BCUT2D eigenvalue weighted by molar-refractivity contribution is -0.139. The Hall–Kier alpha value is -2.61. The number of ether oxygens (including phenoxy) is 2. The van der Waals surface area contributed by atoms with Crippen LogP contribution in [0.2, 0.25) is 0 Å². The van der Waals surface area contributed by atoms with Crippen molar-refractivity contribution in [2.24, 2.45) is 16.9 Å². The third-order valence-corrected chi connectivity index (χ3v) is 7.16. The minimum Gasteiger partial charge on any atom is -0.469 e. The number of rotatable bonds is 4. The lowest BCUT2D eigenvalue weighted by Gasteiger charge is -2.31. The highest BCUT2D eigenvalue weighted by Crippen LogP contribution is 2.36. The molecule has 2 fully saturated rings. The molecular formula is C24H32N4O4. The van der Waals surface area contributed by atoms with Crippen LogP contribution in [0.5, 0.6) is 0 Å². The van der Waals surface area contributed by atoms with Gasteiger partial charge in [-0.3, -0.25) is 9.59 Å². The molecule has 4 aliphatic rings. The van der Waals surface area contributed by atoms with E-state index in [0.717, 1.165) is 70.0 Å². The molecule has 0 bridgehead atoms. The Bertz CT molecular complexity index is 903. The SMILES string of the molecule is C[C@H]1CC[C@H](C2=NN(CC(=O)N3CCc4c(N5CCOCC5)cccc43)C(=O)CO2)CC1. The molecule has 0 aromatic heterocycles. The van der Waals surface area contributed by atoms with Crippen molar-refractivity contribution in [1.29, 1.82) is 0 Å². The van der Waals surface area contributed by atoms with E-state index >= 15 is 0 Å². The highest BCUT2D eigenvalue weighted by molar-refractivity contribution is 6.00. The summed E-state index contributed by atoms with van der Waals surface area (Å²) in [6, 6.07) is 6.14. The van der Waals surface area contributed by atoms with Gasteiger partial charge in [0.1, 0.15) is 6.54 Å². The number of hydrogen-bond acceptors (Lipinski definition) is 6. The fourth-order valence-electron chi connectivity index (χ4n) is 5.23. The van der Waals surface area contributed by atoms with Gasteiger partial charge in [-0.05, 0) is 50.2 Å². The maximum Gasteiger partial charge on any atom is 0.281 e. The summed E-state index contributed by atoms with van der Waals surface area (Å²) in [6.45, 7) is 6.01. The van der Waals surface area contributed by atoms with Gasteiger partial charge in [0, 0.05) is 42.5 Å². The van der Waals surface area contributed by atoms with Gasteiger partial charge in [-0.2, -0.15) is 0 Å². The molecule has 172 valence electrons. The molecule has 0 spiro atoms. The van der Waals surface area contributed by atoms with Gasteiger partial charge in [-0.1, -0.05) is 13.0 Å². The summed E-state index contributed by atoms with van der Waals surface area (Å²) >= 11 is 0. The van der Waals surface area contributed by atoms with Crippen LogP contribution >= 0.6 is 0 Å². The average Bonchev–Trinajstić information content (AvgIpc) is 3.26. The second-order valence-electron chi connectivity index (χ2n) is 9.30. The number of anilines is 2. The van der Waals surface area contributed by atoms with Crippen LogP contribution in [0, 0.1) is 11.8 Å². The van der Waals surface area contributed by atoms with Crippen molar-refractivity contribution in [3.63, 3.8) is 0 Å². The van der Waals surface area contributed by atoms with E-state index in [1.165, 1.54) is 16.3 Å². The zero-order valence-corrected chi connectivity index (χ0v) is 18.8. The molecule has 32 heavy (non-hydrogen) atoms. The van der Waals surface area contributed by atoms with Crippen molar-refractivity contribution < 1.29 is 19.1 Å². The molecule has 0 radical (unpaired) electrons. The molecule has 1 saturated heterocycles. The molecule has 0 atom stereocenters. The average molecular weight is 441 g/mol. The first kappa shape index (κ1) is 21.2. The zero-order chi connectivity index (χ0) is 22.1. The molecule has 1 saturated carbocycles. The predicted octanol–water partition coefficient (Wildman–Crippen LogP) is 2.41. The summed E-state index contributed by atoms with van der Waals surface area (Å²) in [6.07, 6.45) is 5.17. The number of hydrazone groups is 1. The smallest absolute Gasteiger partial charge is 0.281 e. The molecule has 3 heterocycles. The van der Waals surface area contributed by atoms with Crippen molar-refractivity contribution in [3.8, 4) is 0 Å². The van der Waals surface area contributed by atoms with Gasteiger partial charge in [0.05, 0.1) is 13.2 Å². The van der Waals surface area contributed by atoms with Crippen LogP contribution in [0.3, 0.4) is 0 Å². The number of morpholine rings is 1. The molecule has 3 aliphatic heterocycles. The first-order chi connectivity index (χ1) is 15.6. The van der Waals surface area contributed by atoms with Crippen molar-refractivity contribution >= 4 is 29.1 Å². The minimum atomic E-state index is -0.257. The standard InChI is InChI=1S/C24H32N4O4/c1-17-5-7-18(8-6-17)24-25-28(23(30)16-32-24)15-22(29)27-10-9-19-20(3-2-4-21(19)27)26-11-13-31-14-12-26/h2-4,17-18H,5-16H2,1H3/t17-,18-. The number of nitrogens with zero attached hydrogens (tertiary/aromatic N) is 4. The van der Waals surface area contributed by atoms with Crippen LogP contribution in [0.15, 0.2) is 23.3 Å². The van der Waals surface area contributed by atoms with Gasteiger partial charge in [0.2, 0.25) is 11.8 Å². The second-order valence-corrected chi connectivity index (χ2v) is 9.30. The molecule has 0 N–H and O–H groups in total. The second kappa shape index (κ2) is 9.10. The number of amides is 2. The molecule has 8 heteroatoms. The van der Waals surface area contributed by atoms with Crippen LogP contribution in [0.1, 0.15) is 38.2 Å². The van der Waals surface area contributed by atoms with Gasteiger partial charge in [-0.25, -0.2) is 5.01 Å². The number of benzene rings is 1. The van der Waals surface area contributed by atoms with Gasteiger partial charge in [-0.15, -0.1) is 5.10 Å². The Morgan fingerprint density at radius 2 is 1.84 bits per heavy atom. The van der Waals surface area contributed by atoms with Gasteiger partial charge >= 0.3 is 0 Å². The number of carbonyl (C=O) groups excluding carboxylic acids is 2. The van der Waals surface area contributed by atoms with Crippen molar-refractivity contribution in [1.82, 2.24) is 5.01 Å². The Balaban J connectivity index is 1.29. The first-order valence-electron chi connectivity index (χ1n) is 11.9. The topological polar surface area (TPSA) is 74.7 Å². The fourth-order valence-corrected chi connectivity index (χ4v) is 5.23.